The lowest BCUT2D eigenvalue weighted by atomic mass is 10.2. The predicted molar refractivity (Wildman–Crippen MR) is 89.6 cm³/mol. The molecule has 1 aromatic heterocycles. The maximum absolute atomic E-state index is 12.0. The average Bonchev–Trinajstić information content (AvgIpc) is 2.96. The van der Waals surface area contributed by atoms with E-state index in [1.807, 2.05) is 54.6 Å². The van der Waals surface area contributed by atoms with Crippen molar-refractivity contribution in [2.24, 2.45) is 0 Å². The van der Waals surface area contributed by atoms with E-state index < -0.39 is 10.0 Å². The first-order chi connectivity index (χ1) is 11.1. The fourth-order valence-corrected chi connectivity index (χ4v) is 3.37. The second-order valence-electron chi connectivity index (χ2n) is 5.27. The Labute approximate surface area is 135 Å². The number of nitrogens with zero attached hydrogens (tertiary/aromatic N) is 1. The van der Waals surface area contributed by atoms with E-state index >= 15 is 0 Å². The van der Waals surface area contributed by atoms with Gasteiger partial charge in [0.1, 0.15) is 5.52 Å². The van der Waals surface area contributed by atoms with Crippen LogP contribution < -0.4 is 4.72 Å². The number of aromatic nitrogens is 1. The SMILES string of the molecule is O=S(=O)(CCc1ccccc1)NCCc1nc2ccccc2o1. The lowest BCUT2D eigenvalue weighted by molar-refractivity contribution is 0.523. The van der Waals surface area contributed by atoms with E-state index in [1.165, 1.54) is 0 Å². The maximum atomic E-state index is 12.0. The van der Waals surface area contributed by atoms with Gasteiger partial charge in [0.15, 0.2) is 11.5 Å². The molecule has 0 bridgehead atoms. The molecule has 0 amide bonds. The van der Waals surface area contributed by atoms with Gasteiger partial charge in [0, 0.05) is 13.0 Å². The summed E-state index contributed by atoms with van der Waals surface area (Å²) < 4.78 is 32.2. The third-order valence-corrected chi connectivity index (χ3v) is 4.89. The summed E-state index contributed by atoms with van der Waals surface area (Å²) in [4.78, 5) is 4.32. The highest BCUT2D eigenvalue weighted by molar-refractivity contribution is 7.89. The molecular formula is C17H18N2O3S. The topological polar surface area (TPSA) is 72.2 Å². The summed E-state index contributed by atoms with van der Waals surface area (Å²) in [5.74, 6) is 0.613. The van der Waals surface area contributed by atoms with Gasteiger partial charge in [-0.1, -0.05) is 42.5 Å². The molecule has 0 spiro atoms. The quantitative estimate of drug-likeness (QED) is 0.722. The zero-order valence-corrected chi connectivity index (χ0v) is 13.4. The number of benzene rings is 2. The molecule has 0 radical (unpaired) electrons. The number of hydrogen-bond acceptors (Lipinski definition) is 4. The van der Waals surface area contributed by atoms with Crippen molar-refractivity contribution in [3.63, 3.8) is 0 Å². The Morgan fingerprint density at radius 1 is 0.957 bits per heavy atom. The van der Waals surface area contributed by atoms with Crippen LogP contribution in [0.1, 0.15) is 11.5 Å². The Morgan fingerprint density at radius 2 is 1.70 bits per heavy atom. The molecule has 2 aromatic carbocycles. The molecule has 0 atom stereocenters. The summed E-state index contributed by atoms with van der Waals surface area (Å²) in [6, 6.07) is 17.1. The van der Waals surface area contributed by atoms with Crippen molar-refractivity contribution in [1.82, 2.24) is 9.71 Å². The number of fused-ring (bicyclic) bond motifs is 1. The van der Waals surface area contributed by atoms with Gasteiger partial charge in [0.2, 0.25) is 10.0 Å². The van der Waals surface area contributed by atoms with E-state index in [1.54, 1.807) is 0 Å². The van der Waals surface area contributed by atoms with Crippen molar-refractivity contribution < 1.29 is 12.8 Å². The van der Waals surface area contributed by atoms with Crippen LogP contribution in [0.4, 0.5) is 0 Å². The van der Waals surface area contributed by atoms with Gasteiger partial charge in [-0.15, -0.1) is 0 Å². The number of oxazole rings is 1. The van der Waals surface area contributed by atoms with Crippen molar-refractivity contribution >= 4 is 21.1 Å². The summed E-state index contributed by atoms with van der Waals surface area (Å²) in [5.41, 5.74) is 2.51. The molecule has 0 aliphatic carbocycles. The van der Waals surface area contributed by atoms with Gasteiger partial charge in [0.25, 0.3) is 0 Å². The lowest BCUT2D eigenvalue weighted by Crippen LogP contribution is -2.29. The largest absolute Gasteiger partial charge is 0.441 e. The molecule has 0 saturated carbocycles. The van der Waals surface area contributed by atoms with Gasteiger partial charge in [-0.3, -0.25) is 0 Å². The molecule has 1 N–H and O–H groups in total. The zero-order chi connectivity index (χ0) is 16.1. The molecule has 0 aliphatic rings. The highest BCUT2D eigenvalue weighted by Gasteiger charge is 2.11. The van der Waals surface area contributed by atoms with Crippen LogP contribution in [0.5, 0.6) is 0 Å². The standard InChI is InChI=1S/C17H18N2O3S/c20-23(21,13-11-14-6-2-1-3-7-14)18-12-10-17-19-15-8-4-5-9-16(15)22-17/h1-9,18H,10-13H2. The van der Waals surface area contributed by atoms with Gasteiger partial charge in [-0.25, -0.2) is 18.1 Å². The molecule has 0 fully saturated rings. The minimum atomic E-state index is -3.30. The van der Waals surface area contributed by atoms with Crippen LogP contribution in [-0.2, 0) is 22.9 Å². The number of rotatable bonds is 7. The first-order valence-corrected chi connectivity index (χ1v) is 9.13. The van der Waals surface area contributed by atoms with Crippen LogP contribution in [0.2, 0.25) is 0 Å². The van der Waals surface area contributed by atoms with Crippen LogP contribution in [0, 0.1) is 0 Å². The number of para-hydroxylation sites is 2. The third kappa shape index (κ3) is 4.40. The van der Waals surface area contributed by atoms with Gasteiger partial charge in [0.05, 0.1) is 5.75 Å². The first-order valence-electron chi connectivity index (χ1n) is 7.48. The fourth-order valence-electron chi connectivity index (χ4n) is 2.31. The Kier molecular flexibility index (Phi) is 4.73. The molecule has 3 aromatic rings. The van der Waals surface area contributed by atoms with E-state index in [4.69, 9.17) is 4.42 Å². The second kappa shape index (κ2) is 6.93. The highest BCUT2D eigenvalue weighted by Crippen LogP contribution is 2.14. The molecule has 6 heteroatoms. The Morgan fingerprint density at radius 3 is 2.48 bits per heavy atom. The predicted octanol–water partition coefficient (Wildman–Crippen LogP) is 2.53. The van der Waals surface area contributed by atoms with Crippen LogP contribution in [0.3, 0.4) is 0 Å². The number of hydrogen-bond donors (Lipinski definition) is 1. The normalized spacial score (nSPS) is 11.8. The smallest absolute Gasteiger partial charge is 0.211 e. The number of aryl methyl sites for hydroxylation is 1. The Balaban J connectivity index is 1.50. The maximum Gasteiger partial charge on any atom is 0.211 e. The van der Waals surface area contributed by atoms with Crippen molar-refractivity contribution in [2.75, 3.05) is 12.3 Å². The summed E-state index contributed by atoms with van der Waals surface area (Å²) >= 11 is 0. The van der Waals surface area contributed by atoms with Crippen molar-refractivity contribution in [3.05, 3.63) is 66.1 Å². The first kappa shape index (κ1) is 15.7. The Hall–Kier alpha value is -2.18. The second-order valence-corrected chi connectivity index (χ2v) is 7.20. The molecule has 0 aliphatic heterocycles. The van der Waals surface area contributed by atoms with E-state index in [9.17, 15) is 8.42 Å². The average molecular weight is 330 g/mol. The molecule has 3 rings (SSSR count). The van der Waals surface area contributed by atoms with Crippen LogP contribution in [0.15, 0.2) is 59.0 Å². The Bertz CT molecular complexity index is 840. The van der Waals surface area contributed by atoms with E-state index in [2.05, 4.69) is 9.71 Å². The molecule has 0 unspecified atom stereocenters. The van der Waals surface area contributed by atoms with Crippen LogP contribution >= 0.6 is 0 Å². The van der Waals surface area contributed by atoms with Gasteiger partial charge < -0.3 is 4.42 Å². The lowest BCUT2D eigenvalue weighted by Gasteiger charge is -2.05. The van der Waals surface area contributed by atoms with E-state index in [-0.39, 0.29) is 12.3 Å². The molecule has 0 saturated heterocycles. The fraction of sp³-hybridized carbons (Fsp3) is 0.235. The molecule has 23 heavy (non-hydrogen) atoms. The van der Waals surface area contributed by atoms with Crippen molar-refractivity contribution in [3.8, 4) is 0 Å². The molecule has 120 valence electrons. The third-order valence-electron chi connectivity index (χ3n) is 3.50. The summed E-state index contributed by atoms with van der Waals surface area (Å²) in [6.45, 7) is 0.282. The zero-order valence-electron chi connectivity index (χ0n) is 12.6. The molecular weight excluding hydrogens is 312 g/mol. The van der Waals surface area contributed by atoms with Gasteiger partial charge >= 0.3 is 0 Å². The van der Waals surface area contributed by atoms with E-state index in [0.717, 1.165) is 16.7 Å². The van der Waals surface area contributed by atoms with E-state index in [0.29, 0.717) is 18.7 Å². The van der Waals surface area contributed by atoms with Crippen molar-refractivity contribution in [1.29, 1.82) is 0 Å². The highest BCUT2D eigenvalue weighted by atomic mass is 32.2. The van der Waals surface area contributed by atoms with Crippen LogP contribution in [-0.4, -0.2) is 25.7 Å². The monoisotopic (exact) mass is 330 g/mol. The van der Waals surface area contributed by atoms with Gasteiger partial charge in [-0.05, 0) is 24.1 Å². The summed E-state index contributed by atoms with van der Waals surface area (Å²) in [6.07, 6.45) is 0.929. The minimum Gasteiger partial charge on any atom is -0.441 e. The summed E-state index contributed by atoms with van der Waals surface area (Å²) in [5, 5.41) is 0. The minimum absolute atomic E-state index is 0.0740. The number of nitrogens with one attached hydrogen (secondary N) is 1. The van der Waals surface area contributed by atoms with Crippen molar-refractivity contribution in [2.45, 2.75) is 12.8 Å². The van der Waals surface area contributed by atoms with Crippen LogP contribution in [0.25, 0.3) is 11.1 Å². The summed E-state index contributed by atoms with van der Waals surface area (Å²) in [7, 11) is -3.30. The van der Waals surface area contributed by atoms with Gasteiger partial charge in [-0.2, -0.15) is 0 Å². The molecule has 1 heterocycles. The molecule has 5 nitrogen and oxygen atoms in total. The number of sulfonamides is 1.